The number of carbonyl (C=O) groups excluding carboxylic acids is 6. The third kappa shape index (κ3) is 16.8. The number of carbonyl (C=O) groups is 8. The number of nitrogens with zero attached hydrogens (tertiary/aromatic N) is 4. The van der Waals surface area contributed by atoms with Gasteiger partial charge in [0.15, 0.2) is 4.47 Å². The minimum Gasteiger partial charge on any atom is -0.479 e. The van der Waals surface area contributed by atoms with Gasteiger partial charge < -0.3 is 60.6 Å². The summed E-state index contributed by atoms with van der Waals surface area (Å²) in [5.74, 6) is -4.91. The SMILES string of the molecule is CC(C)(C)OC(=O)N[C@H]1CCCCC/C=C\[C@@H]2C[C@@]2(C(=O)O)NC(=O)C2C[C@@H](O)CN2C1=O.CC(C)(C)OC(=O)N[C@H]1CCCCC/C=C\[C@@H]2C[C@@]2(C(=O)O)NC(=O)[C@@H]2C[C@@H](Oc3nc4ccccc4s3)CN2C1=O.Clc1nc2ccccc2s1. The molecule has 22 nitrogen and oxygen atoms in total. The van der Waals surface area contributed by atoms with Crippen LogP contribution in [0.25, 0.3) is 20.4 Å². The average molecular weight is 1230 g/mol. The lowest BCUT2D eigenvalue weighted by Crippen LogP contribution is -2.56. The van der Waals surface area contributed by atoms with Gasteiger partial charge in [-0.05, 0) is 117 Å². The van der Waals surface area contributed by atoms with Gasteiger partial charge in [-0.1, -0.05) is 97.2 Å². The van der Waals surface area contributed by atoms with Gasteiger partial charge in [-0.25, -0.2) is 29.1 Å². The fourth-order valence-electron chi connectivity index (χ4n) is 11.0. The molecule has 0 radical (unpaired) electrons. The highest BCUT2D eigenvalue weighted by Gasteiger charge is 2.62. The summed E-state index contributed by atoms with van der Waals surface area (Å²) in [6, 6.07) is 11.7. The molecular formula is C60H77ClN8O14S2. The number of hydrogen-bond acceptors (Lipinski definition) is 16. The van der Waals surface area contributed by atoms with E-state index in [9.17, 15) is 53.7 Å². The number of alkyl carbamates (subject to hydrolysis) is 2. The van der Waals surface area contributed by atoms with Gasteiger partial charge >= 0.3 is 24.1 Å². The van der Waals surface area contributed by atoms with Crippen molar-refractivity contribution in [2.24, 2.45) is 11.8 Å². The second-order valence-corrected chi connectivity index (χ2v) is 27.0. The number of fused-ring (bicyclic) bond motifs is 6. The number of aromatic nitrogens is 2. The topological polar surface area (TPSA) is 305 Å². The Bertz CT molecular complexity index is 3110. The molecule has 6 heterocycles. The number of aliphatic carboxylic acids is 2. The standard InChI is InChI=1S/C30H38N4O7S.C23H35N3O7.C7H4ClNS/c1-29(2,3)41-27(39)31-21-13-8-6-4-5-7-11-18-16-30(18,26(37)38)33-24(35)22-15-19(17-34(22)25(21)36)40-28-32-20-12-9-10-14-23(20)42-28;1-22(2,3)33-21(32)24-16-10-8-6-4-5-7-9-14-12-23(14,20(30)31)25-18(28)17-11-15(27)13-26(17)19(16)29;8-7-9-5-3-1-2-4-6(5)10-7/h7,9-12,14,18-19,21-22H,4-6,8,13,15-17H2,1-3H3,(H,31,39)(H,33,35)(H,37,38);7,9,14-17,27H,4-6,8,10-13H2,1-3H3,(H,24,32)(H,25,28)(H,30,31);1-4H/b11-7-;9-7-;/t18-,19-,21+,22+,30-;14-,15-,16+,17?,23-;/m11./s1. The maximum Gasteiger partial charge on any atom is 0.408 e. The first-order valence-corrected chi connectivity index (χ1v) is 31.0. The summed E-state index contributed by atoms with van der Waals surface area (Å²) in [7, 11) is 0. The second-order valence-electron chi connectivity index (χ2n) is 24.4. The first-order valence-electron chi connectivity index (χ1n) is 29.0. The zero-order chi connectivity index (χ0) is 61.4. The Morgan fingerprint density at radius 1 is 0.647 bits per heavy atom. The quantitative estimate of drug-likeness (QED) is 0.0893. The average Bonchev–Trinajstić information content (AvgIpc) is 1.75. The first kappa shape index (κ1) is 64.1. The zero-order valence-corrected chi connectivity index (χ0v) is 51.1. The molecule has 25 heteroatoms. The number of amides is 6. The Hall–Kier alpha value is -6.89. The molecule has 7 N–H and O–H groups in total. The predicted molar refractivity (Wildman–Crippen MR) is 319 cm³/mol. The summed E-state index contributed by atoms with van der Waals surface area (Å²) >= 11 is 8.57. The molecule has 6 amide bonds. The number of para-hydroxylation sites is 2. The monoisotopic (exact) mass is 1230 g/mol. The molecule has 10 rings (SSSR count). The van der Waals surface area contributed by atoms with Crippen LogP contribution in [0.15, 0.2) is 72.8 Å². The Morgan fingerprint density at radius 3 is 1.58 bits per heavy atom. The Balaban J connectivity index is 0.000000193. The molecule has 2 saturated carbocycles. The van der Waals surface area contributed by atoms with Crippen LogP contribution in [0.1, 0.15) is 131 Å². The van der Waals surface area contributed by atoms with Gasteiger partial charge in [0, 0.05) is 31.2 Å². The maximum absolute atomic E-state index is 14.0. The van der Waals surface area contributed by atoms with E-state index in [0.717, 1.165) is 59.0 Å². The minimum atomic E-state index is -1.40. The van der Waals surface area contributed by atoms with Crippen LogP contribution in [0, 0.1) is 11.8 Å². The van der Waals surface area contributed by atoms with Crippen molar-refractivity contribution in [3.63, 3.8) is 0 Å². The number of carboxylic acid groups (broad SMARTS) is 2. The number of rotatable bonds is 6. The number of aliphatic hydroxyl groups is 1. The fourth-order valence-corrected chi connectivity index (χ4v) is 12.9. The molecule has 4 fully saturated rings. The summed E-state index contributed by atoms with van der Waals surface area (Å²) in [6.45, 7) is 10.4. The van der Waals surface area contributed by atoms with E-state index in [1.54, 1.807) is 41.5 Å². The number of aliphatic hydroxyl groups excluding tert-OH is 1. The molecule has 10 atom stereocenters. The molecule has 2 aromatic carbocycles. The summed E-state index contributed by atoms with van der Waals surface area (Å²) < 4.78 is 19.6. The molecule has 460 valence electrons. The lowest BCUT2D eigenvalue weighted by atomic mass is 10.0. The molecule has 2 saturated heterocycles. The van der Waals surface area contributed by atoms with Crippen molar-refractivity contribution in [1.82, 2.24) is 41.0 Å². The van der Waals surface area contributed by atoms with E-state index in [1.807, 2.05) is 72.8 Å². The van der Waals surface area contributed by atoms with Crippen LogP contribution in [0.2, 0.25) is 4.47 Å². The minimum absolute atomic E-state index is 0.00688. The number of carboxylic acids is 2. The summed E-state index contributed by atoms with van der Waals surface area (Å²) in [5.41, 5.74) is -2.50. The van der Waals surface area contributed by atoms with E-state index in [-0.39, 0.29) is 44.2 Å². The highest BCUT2D eigenvalue weighted by molar-refractivity contribution is 7.22. The molecule has 2 aromatic heterocycles. The predicted octanol–water partition coefficient (Wildman–Crippen LogP) is 8.29. The largest absolute Gasteiger partial charge is 0.479 e. The number of hydrogen-bond donors (Lipinski definition) is 7. The van der Waals surface area contributed by atoms with Crippen LogP contribution in [-0.4, -0.2) is 155 Å². The van der Waals surface area contributed by atoms with Crippen LogP contribution in [0.4, 0.5) is 9.59 Å². The molecule has 6 aliphatic rings. The van der Waals surface area contributed by atoms with Crippen LogP contribution in [-0.2, 0) is 38.2 Å². The number of nitrogens with one attached hydrogen (secondary N) is 4. The van der Waals surface area contributed by atoms with E-state index in [2.05, 4.69) is 31.2 Å². The highest BCUT2D eigenvalue weighted by Crippen LogP contribution is 2.47. The van der Waals surface area contributed by atoms with Crippen molar-refractivity contribution in [3.05, 3.63) is 77.3 Å². The van der Waals surface area contributed by atoms with Crippen molar-refractivity contribution in [1.29, 1.82) is 0 Å². The molecule has 2 aliphatic carbocycles. The van der Waals surface area contributed by atoms with E-state index < -0.39 is 106 Å². The summed E-state index contributed by atoms with van der Waals surface area (Å²) in [6.07, 6.45) is 12.4. The van der Waals surface area contributed by atoms with Crippen molar-refractivity contribution < 1.29 is 67.9 Å². The summed E-state index contributed by atoms with van der Waals surface area (Å²) in [4.78, 5) is 115. The maximum atomic E-state index is 14.0. The number of allylic oxidation sites excluding steroid dienone is 2. The van der Waals surface area contributed by atoms with Crippen LogP contribution >= 0.6 is 34.3 Å². The van der Waals surface area contributed by atoms with Crippen molar-refractivity contribution in [3.8, 4) is 5.19 Å². The van der Waals surface area contributed by atoms with Gasteiger partial charge in [0.1, 0.15) is 52.6 Å². The number of benzene rings is 2. The zero-order valence-electron chi connectivity index (χ0n) is 48.7. The van der Waals surface area contributed by atoms with Gasteiger partial charge in [-0.15, -0.1) is 11.3 Å². The van der Waals surface area contributed by atoms with Gasteiger partial charge in [0.05, 0.1) is 33.1 Å². The first-order chi connectivity index (χ1) is 40.2. The Kier molecular flexibility index (Phi) is 20.5. The van der Waals surface area contributed by atoms with Crippen LogP contribution in [0.5, 0.6) is 5.19 Å². The Morgan fingerprint density at radius 2 is 1.11 bits per heavy atom. The lowest BCUT2D eigenvalue weighted by Gasteiger charge is -2.30. The third-order valence-corrected chi connectivity index (χ3v) is 17.5. The van der Waals surface area contributed by atoms with Gasteiger partial charge in [0.2, 0.25) is 23.6 Å². The molecule has 4 aromatic rings. The van der Waals surface area contributed by atoms with Crippen LogP contribution < -0.4 is 26.0 Å². The second kappa shape index (κ2) is 27.2. The highest BCUT2D eigenvalue weighted by atomic mass is 35.5. The molecule has 1 unspecified atom stereocenters. The third-order valence-electron chi connectivity index (χ3n) is 15.5. The van der Waals surface area contributed by atoms with E-state index >= 15 is 0 Å². The summed E-state index contributed by atoms with van der Waals surface area (Å²) in [5, 5.41) is 41.2. The van der Waals surface area contributed by atoms with E-state index in [4.69, 9.17) is 25.8 Å². The van der Waals surface area contributed by atoms with Gasteiger partial charge in [-0.3, -0.25) is 19.2 Å². The molecular weight excluding hydrogens is 1160 g/mol. The number of ether oxygens (including phenoxy) is 3. The van der Waals surface area contributed by atoms with Crippen molar-refractivity contribution in [2.45, 2.75) is 190 Å². The fraction of sp³-hybridized carbons (Fsp3) is 0.567. The smallest absolute Gasteiger partial charge is 0.408 e. The van der Waals surface area contributed by atoms with Crippen LogP contribution in [0.3, 0.4) is 0 Å². The van der Waals surface area contributed by atoms with E-state index in [1.165, 1.54) is 32.5 Å². The molecule has 0 spiro atoms. The van der Waals surface area contributed by atoms with Crippen molar-refractivity contribution >= 4 is 102 Å². The molecule has 0 bridgehead atoms. The Labute approximate surface area is 506 Å². The number of thiazole rings is 2. The lowest BCUT2D eigenvalue weighted by molar-refractivity contribution is -0.146. The normalized spacial score (nSPS) is 29.0. The van der Waals surface area contributed by atoms with Gasteiger partial charge in [0.25, 0.3) is 5.19 Å². The van der Waals surface area contributed by atoms with Gasteiger partial charge in [-0.2, -0.15) is 0 Å². The molecule has 85 heavy (non-hydrogen) atoms. The van der Waals surface area contributed by atoms with Crippen molar-refractivity contribution in [2.75, 3.05) is 13.1 Å². The van der Waals surface area contributed by atoms with E-state index in [0.29, 0.717) is 41.8 Å². The molecule has 4 aliphatic heterocycles. The number of halogens is 1.